The molecular weight excluding hydrogens is 236 g/mol. The quantitative estimate of drug-likeness (QED) is 0.762. The van der Waals surface area contributed by atoms with Crippen LogP contribution in [0.4, 0.5) is 0 Å². The van der Waals surface area contributed by atoms with Gasteiger partial charge in [0.1, 0.15) is 0 Å². The molecule has 0 spiro atoms. The molecule has 1 saturated heterocycles. The molecule has 1 aliphatic heterocycles. The van der Waals surface area contributed by atoms with Crippen LogP contribution in [-0.4, -0.2) is 31.1 Å². The molecule has 0 bridgehead atoms. The van der Waals surface area contributed by atoms with Crippen LogP contribution in [0.25, 0.3) is 0 Å². The van der Waals surface area contributed by atoms with E-state index in [4.69, 9.17) is 10.00 Å². The topological polar surface area (TPSA) is 36.3 Å². The van der Waals surface area contributed by atoms with Crippen molar-refractivity contribution < 1.29 is 4.74 Å². The summed E-state index contributed by atoms with van der Waals surface area (Å²) >= 11 is 0. The van der Waals surface area contributed by atoms with E-state index >= 15 is 0 Å². The molecule has 0 aliphatic carbocycles. The third kappa shape index (κ3) is 4.05. The third-order valence-electron chi connectivity index (χ3n) is 3.67. The van der Waals surface area contributed by atoms with Gasteiger partial charge in [0.2, 0.25) is 0 Å². The Bertz CT molecular complexity index is 421. The van der Waals surface area contributed by atoms with Gasteiger partial charge in [-0.1, -0.05) is 31.2 Å². The maximum atomic E-state index is 8.58. The van der Waals surface area contributed by atoms with Gasteiger partial charge in [-0.05, 0) is 30.5 Å². The van der Waals surface area contributed by atoms with Crippen LogP contribution >= 0.6 is 0 Å². The predicted octanol–water partition coefficient (Wildman–Crippen LogP) is 2.93. The molecule has 0 saturated carbocycles. The van der Waals surface area contributed by atoms with Crippen molar-refractivity contribution in [3.05, 3.63) is 35.4 Å². The van der Waals surface area contributed by atoms with E-state index in [1.54, 1.807) is 0 Å². The first-order valence-electron chi connectivity index (χ1n) is 7.13. The summed E-state index contributed by atoms with van der Waals surface area (Å²) < 4.78 is 5.87. The number of nitriles is 1. The van der Waals surface area contributed by atoms with Crippen LogP contribution in [0.15, 0.2) is 24.3 Å². The van der Waals surface area contributed by atoms with Gasteiger partial charge in [0.05, 0.1) is 18.8 Å². The zero-order valence-corrected chi connectivity index (χ0v) is 11.6. The summed E-state index contributed by atoms with van der Waals surface area (Å²) in [5.41, 5.74) is 2.63. The SMILES string of the molecule is CCc1ccc(C2CN(CCCC#N)CCO2)cc1. The number of aryl methyl sites for hydroxylation is 1. The number of unbranched alkanes of at least 4 members (excludes halogenated alkanes) is 1. The highest BCUT2D eigenvalue weighted by Gasteiger charge is 2.21. The minimum atomic E-state index is 0.182. The molecule has 0 radical (unpaired) electrons. The molecule has 19 heavy (non-hydrogen) atoms. The molecule has 1 atom stereocenters. The normalized spacial score (nSPS) is 20.1. The van der Waals surface area contributed by atoms with Crippen molar-refractivity contribution in [1.29, 1.82) is 5.26 Å². The largest absolute Gasteiger partial charge is 0.371 e. The second kappa shape index (κ2) is 7.28. The molecule has 0 N–H and O–H groups in total. The third-order valence-corrected chi connectivity index (χ3v) is 3.67. The van der Waals surface area contributed by atoms with Crippen molar-refractivity contribution in [2.75, 3.05) is 26.2 Å². The molecule has 1 aromatic rings. The van der Waals surface area contributed by atoms with Gasteiger partial charge >= 0.3 is 0 Å². The zero-order chi connectivity index (χ0) is 13.5. The fraction of sp³-hybridized carbons (Fsp3) is 0.562. The Hall–Kier alpha value is -1.37. The molecule has 1 aliphatic rings. The first-order chi connectivity index (χ1) is 9.33. The average Bonchev–Trinajstić information content (AvgIpc) is 2.48. The predicted molar refractivity (Wildman–Crippen MR) is 75.8 cm³/mol. The maximum Gasteiger partial charge on any atom is 0.0952 e. The zero-order valence-electron chi connectivity index (χ0n) is 11.6. The van der Waals surface area contributed by atoms with E-state index in [0.29, 0.717) is 6.42 Å². The highest BCUT2D eigenvalue weighted by Crippen LogP contribution is 2.22. The molecule has 2 rings (SSSR count). The van der Waals surface area contributed by atoms with Gasteiger partial charge < -0.3 is 4.74 Å². The Labute approximate surface area is 115 Å². The van der Waals surface area contributed by atoms with E-state index in [2.05, 4.69) is 42.2 Å². The van der Waals surface area contributed by atoms with Crippen molar-refractivity contribution in [3.8, 4) is 6.07 Å². The monoisotopic (exact) mass is 258 g/mol. The Balaban J connectivity index is 1.90. The van der Waals surface area contributed by atoms with E-state index in [1.807, 2.05) is 0 Å². The maximum absolute atomic E-state index is 8.58. The molecule has 0 amide bonds. The van der Waals surface area contributed by atoms with Gasteiger partial charge in [0.15, 0.2) is 0 Å². The number of rotatable bonds is 5. The summed E-state index contributed by atoms with van der Waals surface area (Å²) in [4.78, 5) is 2.40. The highest BCUT2D eigenvalue weighted by atomic mass is 16.5. The first-order valence-corrected chi connectivity index (χ1v) is 7.13. The summed E-state index contributed by atoms with van der Waals surface area (Å²) in [5, 5.41) is 8.58. The van der Waals surface area contributed by atoms with Crippen molar-refractivity contribution in [3.63, 3.8) is 0 Å². The molecule has 1 unspecified atom stereocenters. The minimum Gasteiger partial charge on any atom is -0.371 e. The second-order valence-electron chi connectivity index (χ2n) is 5.02. The number of ether oxygens (including phenoxy) is 1. The molecule has 3 heteroatoms. The van der Waals surface area contributed by atoms with Gasteiger partial charge in [-0.15, -0.1) is 0 Å². The highest BCUT2D eigenvalue weighted by molar-refractivity contribution is 5.24. The van der Waals surface area contributed by atoms with Gasteiger partial charge in [-0.25, -0.2) is 0 Å². The number of nitrogens with zero attached hydrogens (tertiary/aromatic N) is 2. The van der Waals surface area contributed by atoms with Crippen molar-refractivity contribution in [2.45, 2.75) is 32.3 Å². The van der Waals surface area contributed by atoms with Gasteiger partial charge in [-0.2, -0.15) is 5.26 Å². The minimum absolute atomic E-state index is 0.182. The molecule has 3 nitrogen and oxygen atoms in total. The van der Waals surface area contributed by atoms with Crippen LogP contribution in [0.3, 0.4) is 0 Å². The molecule has 1 fully saturated rings. The Morgan fingerprint density at radius 1 is 1.37 bits per heavy atom. The van der Waals surface area contributed by atoms with Crippen LogP contribution in [0.2, 0.25) is 0 Å². The summed E-state index contributed by atoms with van der Waals surface area (Å²) in [6, 6.07) is 10.9. The lowest BCUT2D eigenvalue weighted by Gasteiger charge is -2.33. The fourth-order valence-corrected chi connectivity index (χ4v) is 2.46. The summed E-state index contributed by atoms with van der Waals surface area (Å²) in [7, 11) is 0. The van der Waals surface area contributed by atoms with Crippen LogP contribution in [-0.2, 0) is 11.2 Å². The summed E-state index contributed by atoms with van der Waals surface area (Å²) in [6.07, 6.45) is 2.86. The molecule has 1 heterocycles. The number of hydrogen-bond acceptors (Lipinski definition) is 3. The van der Waals surface area contributed by atoms with E-state index in [-0.39, 0.29) is 6.10 Å². The number of morpholine rings is 1. The van der Waals surface area contributed by atoms with Gasteiger partial charge in [0.25, 0.3) is 0 Å². The van der Waals surface area contributed by atoms with E-state index in [9.17, 15) is 0 Å². The number of hydrogen-bond donors (Lipinski definition) is 0. The van der Waals surface area contributed by atoms with Gasteiger partial charge in [-0.3, -0.25) is 4.90 Å². The van der Waals surface area contributed by atoms with Crippen LogP contribution in [0.1, 0.15) is 37.0 Å². The van der Waals surface area contributed by atoms with Crippen molar-refractivity contribution in [2.24, 2.45) is 0 Å². The Morgan fingerprint density at radius 2 is 2.16 bits per heavy atom. The Morgan fingerprint density at radius 3 is 2.84 bits per heavy atom. The van der Waals surface area contributed by atoms with E-state index in [0.717, 1.165) is 39.1 Å². The molecule has 1 aromatic carbocycles. The first kappa shape index (κ1) is 14.0. The van der Waals surface area contributed by atoms with E-state index in [1.165, 1.54) is 11.1 Å². The molecule has 0 aromatic heterocycles. The second-order valence-corrected chi connectivity index (χ2v) is 5.02. The van der Waals surface area contributed by atoms with Crippen LogP contribution < -0.4 is 0 Å². The van der Waals surface area contributed by atoms with Crippen LogP contribution in [0, 0.1) is 11.3 Å². The smallest absolute Gasteiger partial charge is 0.0952 e. The average molecular weight is 258 g/mol. The van der Waals surface area contributed by atoms with E-state index < -0.39 is 0 Å². The molecule has 102 valence electrons. The lowest BCUT2D eigenvalue weighted by molar-refractivity contribution is -0.0301. The van der Waals surface area contributed by atoms with Crippen molar-refractivity contribution in [1.82, 2.24) is 4.90 Å². The fourth-order valence-electron chi connectivity index (χ4n) is 2.46. The lowest BCUT2D eigenvalue weighted by atomic mass is 10.0. The lowest BCUT2D eigenvalue weighted by Crippen LogP contribution is -2.38. The van der Waals surface area contributed by atoms with Crippen LogP contribution in [0.5, 0.6) is 0 Å². The van der Waals surface area contributed by atoms with Gasteiger partial charge in [0, 0.05) is 19.5 Å². The standard InChI is InChI=1S/C16H22N2O/c1-2-14-5-7-15(8-6-14)16-13-18(11-12-19-16)10-4-3-9-17/h5-8,16H,2-4,10-13H2,1H3. The summed E-state index contributed by atoms with van der Waals surface area (Å²) in [6.45, 7) is 5.88. The number of benzene rings is 1. The van der Waals surface area contributed by atoms with Crippen molar-refractivity contribution >= 4 is 0 Å². The Kier molecular flexibility index (Phi) is 5.38. The summed E-state index contributed by atoms with van der Waals surface area (Å²) in [5.74, 6) is 0. The molecular formula is C16H22N2O.